The molecular formula is C15H21N3O4S. The fourth-order valence-corrected chi connectivity index (χ4v) is 1.81. The smallest absolute Gasteiger partial charge is 0.423 e. The van der Waals surface area contributed by atoms with Crippen LogP contribution < -0.4 is 10.9 Å². The summed E-state index contributed by atoms with van der Waals surface area (Å²) < 4.78 is 5.28. The number of ether oxygens (including phenoxy) is 1. The number of rotatable bonds is 3. The molecule has 3 N–H and O–H groups in total. The normalized spacial score (nSPS) is 10.6. The molecule has 0 aliphatic heterocycles. The van der Waals surface area contributed by atoms with Crippen molar-refractivity contribution in [2.45, 2.75) is 32.9 Å². The largest absolute Gasteiger partial charge is 0.464 e. The summed E-state index contributed by atoms with van der Waals surface area (Å²) in [6.07, 6.45) is -1.62. The van der Waals surface area contributed by atoms with Gasteiger partial charge >= 0.3 is 12.2 Å². The van der Waals surface area contributed by atoms with Gasteiger partial charge in [-0.3, -0.25) is 5.43 Å². The second-order valence-corrected chi connectivity index (χ2v) is 6.33. The molecule has 0 unspecified atom stereocenters. The Balaban J connectivity index is 2.61. The zero-order valence-corrected chi connectivity index (χ0v) is 14.4. The monoisotopic (exact) mass is 339 g/mol. The molecule has 126 valence electrons. The molecule has 1 aromatic rings. The number of nitrogens with one attached hydrogen (secondary N) is 2. The lowest BCUT2D eigenvalue weighted by Gasteiger charge is -2.24. The maximum absolute atomic E-state index is 11.9. The molecule has 7 nitrogen and oxygen atoms in total. The highest BCUT2D eigenvalue weighted by atomic mass is 32.1. The average Bonchev–Trinajstić information content (AvgIpc) is 2.43. The van der Waals surface area contributed by atoms with Crippen molar-refractivity contribution in [2.24, 2.45) is 0 Å². The Bertz CT molecular complexity index is 581. The van der Waals surface area contributed by atoms with Crippen molar-refractivity contribution in [2.75, 3.05) is 7.05 Å². The average molecular weight is 339 g/mol. The van der Waals surface area contributed by atoms with Gasteiger partial charge in [-0.1, -0.05) is 36.5 Å². The van der Waals surface area contributed by atoms with Gasteiger partial charge in [0.25, 0.3) is 0 Å². The van der Waals surface area contributed by atoms with E-state index in [0.29, 0.717) is 12.1 Å². The van der Waals surface area contributed by atoms with Crippen molar-refractivity contribution in [3.63, 3.8) is 0 Å². The third kappa shape index (κ3) is 6.96. The van der Waals surface area contributed by atoms with Crippen molar-refractivity contribution >= 4 is 29.4 Å². The summed E-state index contributed by atoms with van der Waals surface area (Å²) in [5, 5.41) is 8.50. The molecule has 0 radical (unpaired) electrons. The van der Waals surface area contributed by atoms with Crippen molar-refractivity contribution in [1.29, 1.82) is 0 Å². The Labute approximate surface area is 140 Å². The molecular weight excluding hydrogens is 318 g/mol. The van der Waals surface area contributed by atoms with Gasteiger partial charge in [-0.25, -0.2) is 15.0 Å². The molecule has 1 rings (SSSR count). The van der Waals surface area contributed by atoms with Gasteiger partial charge in [0.15, 0.2) is 0 Å². The molecule has 0 saturated carbocycles. The van der Waals surface area contributed by atoms with E-state index in [1.54, 1.807) is 19.2 Å². The quantitative estimate of drug-likeness (QED) is 0.579. The first-order valence-corrected chi connectivity index (χ1v) is 7.31. The molecule has 0 aliphatic carbocycles. The predicted octanol–water partition coefficient (Wildman–Crippen LogP) is 2.50. The predicted molar refractivity (Wildman–Crippen MR) is 90.1 cm³/mol. The second kappa shape index (κ2) is 7.77. The van der Waals surface area contributed by atoms with E-state index in [9.17, 15) is 9.59 Å². The van der Waals surface area contributed by atoms with Crippen LogP contribution in [-0.2, 0) is 11.3 Å². The third-order valence-corrected chi connectivity index (χ3v) is 2.96. The van der Waals surface area contributed by atoms with Crippen molar-refractivity contribution in [3.8, 4) is 0 Å². The lowest BCUT2D eigenvalue weighted by molar-refractivity contribution is 0.0285. The van der Waals surface area contributed by atoms with Crippen LogP contribution in [-0.4, -0.2) is 39.8 Å². The number of nitrogens with zero attached hydrogens (tertiary/aromatic N) is 1. The molecule has 0 bridgehead atoms. The number of hydrazine groups is 1. The van der Waals surface area contributed by atoms with Gasteiger partial charge in [0, 0.05) is 19.2 Å². The number of hydrogen-bond donors (Lipinski definition) is 3. The second-order valence-electron chi connectivity index (χ2n) is 5.92. The van der Waals surface area contributed by atoms with Crippen LogP contribution in [0.2, 0.25) is 0 Å². The van der Waals surface area contributed by atoms with E-state index in [-0.39, 0.29) is 4.99 Å². The first kappa shape index (κ1) is 18.7. The van der Waals surface area contributed by atoms with E-state index in [4.69, 9.17) is 22.1 Å². The number of thiocarbonyl (C=S) groups is 1. The molecule has 1 aromatic carbocycles. The van der Waals surface area contributed by atoms with Crippen LogP contribution in [0, 0.1) is 0 Å². The molecule has 23 heavy (non-hydrogen) atoms. The summed E-state index contributed by atoms with van der Waals surface area (Å²) in [7, 11) is 1.66. The van der Waals surface area contributed by atoms with E-state index in [2.05, 4.69) is 5.43 Å². The van der Waals surface area contributed by atoms with Gasteiger partial charge in [0.05, 0.1) is 0 Å². The van der Waals surface area contributed by atoms with E-state index in [1.807, 2.05) is 38.3 Å². The van der Waals surface area contributed by atoms with E-state index < -0.39 is 17.8 Å². The lowest BCUT2D eigenvalue weighted by atomic mass is 10.1. The van der Waals surface area contributed by atoms with Crippen LogP contribution in [0.3, 0.4) is 0 Å². The number of carbonyl (C=O) groups excluding carboxylic acids is 1. The van der Waals surface area contributed by atoms with Gasteiger partial charge < -0.3 is 14.7 Å². The maximum atomic E-state index is 11.9. The summed E-state index contributed by atoms with van der Waals surface area (Å²) in [6.45, 7) is 5.83. The van der Waals surface area contributed by atoms with Crippen LogP contribution >= 0.6 is 12.2 Å². The standard InChI is InChI=1S/C15H21N3O4S/c1-15(2,3)22-14(21)18(4)9-10-5-7-11(8-6-10)12(23)16-17-13(19)20/h5-8,17H,9H2,1-4H3,(H,16,23)(H,19,20). The minimum atomic E-state index is -1.22. The summed E-state index contributed by atoms with van der Waals surface area (Å²) in [4.78, 5) is 24.0. The van der Waals surface area contributed by atoms with Gasteiger partial charge in [0.2, 0.25) is 0 Å². The molecule has 0 atom stereocenters. The van der Waals surface area contributed by atoms with Crippen molar-refractivity contribution in [3.05, 3.63) is 35.4 Å². The Hall–Kier alpha value is -2.35. The summed E-state index contributed by atoms with van der Waals surface area (Å²) in [5.74, 6) is 0. The van der Waals surface area contributed by atoms with Crippen LogP contribution in [0.1, 0.15) is 31.9 Å². The summed E-state index contributed by atoms with van der Waals surface area (Å²) in [5.41, 5.74) is 5.41. The first-order chi connectivity index (χ1) is 10.6. The van der Waals surface area contributed by atoms with Gasteiger partial charge in [0.1, 0.15) is 10.6 Å². The Morgan fingerprint density at radius 1 is 1.22 bits per heavy atom. The fourth-order valence-electron chi connectivity index (χ4n) is 1.62. The van der Waals surface area contributed by atoms with E-state index in [1.165, 1.54) is 4.90 Å². The molecule has 0 fully saturated rings. The molecule has 0 spiro atoms. The Kier molecular flexibility index (Phi) is 6.32. The number of amides is 2. The molecule has 0 aliphatic rings. The van der Waals surface area contributed by atoms with Gasteiger partial charge in [-0.15, -0.1) is 0 Å². The summed E-state index contributed by atoms with van der Waals surface area (Å²) >= 11 is 5.05. The maximum Gasteiger partial charge on any atom is 0.423 e. The van der Waals surface area contributed by atoms with E-state index >= 15 is 0 Å². The van der Waals surface area contributed by atoms with Crippen molar-refractivity contribution in [1.82, 2.24) is 15.8 Å². The van der Waals surface area contributed by atoms with Gasteiger partial charge in [-0.2, -0.15) is 0 Å². The number of hydrogen-bond acceptors (Lipinski definition) is 4. The van der Waals surface area contributed by atoms with Crippen LogP contribution in [0.5, 0.6) is 0 Å². The molecule has 8 heteroatoms. The highest BCUT2D eigenvalue weighted by Gasteiger charge is 2.19. The van der Waals surface area contributed by atoms with Crippen molar-refractivity contribution < 1.29 is 19.4 Å². The minimum absolute atomic E-state index is 0.263. The number of carbonyl (C=O) groups is 2. The Morgan fingerprint density at radius 3 is 2.26 bits per heavy atom. The minimum Gasteiger partial charge on any atom is -0.464 e. The molecule has 0 heterocycles. The van der Waals surface area contributed by atoms with Gasteiger partial charge in [-0.05, 0) is 26.3 Å². The number of carboxylic acid groups (broad SMARTS) is 1. The fraction of sp³-hybridized carbons (Fsp3) is 0.400. The first-order valence-electron chi connectivity index (χ1n) is 6.91. The van der Waals surface area contributed by atoms with Crippen LogP contribution in [0.4, 0.5) is 9.59 Å². The topological polar surface area (TPSA) is 90.9 Å². The third-order valence-electron chi connectivity index (χ3n) is 2.62. The molecule has 0 saturated heterocycles. The molecule has 0 aromatic heterocycles. The Morgan fingerprint density at radius 2 is 1.78 bits per heavy atom. The highest BCUT2D eigenvalue weighted by Crippen LogP contribution is 2.12. The van der Waals surface area contributed by atoms with E-state index in [0.717, 1.165) is 5.56 Å². The zero-order chi connectivity index (χ0) is 17.6. The lowest BCUT2D eigenvalue weighted by Crippen LogP contribution is -2.40. The zero-order valence-electron chi connectivity index (χ0n) is 13.5. The van der Waals surface area contributed by atoms with Crippen LogP contribution in [0.15, 0.2) is 24.3 Å². The SMILES string of the molecule is CN(Cc1ccc(C(=S)NNC(=O)O)cc1)C(=O)OC(C)(C)C. The highest BCUT2D eigenvalue weighted by molar-refractivity contribution is 7.80. The van der Waals surface area contributed by atoms with Crippen LogP contribution in [0.25, 0.3) is 0 Å². The molecule has 2 amide bonds. The summed E-state index contributed by atoms with van der Waals surface area (Å²) in [6, 6.07) is 7.12. The number of benzene rings is 1.